The van der Waals surface area contributed by atoms with Crippen LogP contribution in [0.5, 0.6) is 0 Å². The van der Waals surface area contributed by atoms with E-state index in [1.807, 2.05) is 6.92 Å². The van der Waals surface area contributed by atoms with Crippen LogP contribution in [0.15, 0.2) is 9.59 Å². The van der Waals surface area contributed by atoms with Gasteiger partial charge in [0.25, 0.3) is 5.56 Å². The number of aryl methyl sites for hydroxylation is 3. The molecule has 0 radical (unpaired) electrons. The molecule has 2 heterocycles. The molecular weight excluding hydrogens is 288 g/mol. The molecule has 22 heavy (non-hydrogen) atoms. The second kappa shape index (κ2) is 6.17. The Hall–Kier alpha value is -2.38. The molecule has 0 aliphatic heterocycles. The number of nitrogens with zero attached hydrogens (tertiary/aromatic N) is 4. The molecule has 2 aromatic heterocycles. The minimum Gasteiger partial charge on any atom is -0.481 e. The van der Waals surface area contributed by atoms with Crippen LogP contribution in [0.3, 0.4) is 0 Å². The standard InChI is InChI=1S/C14H20N4O4/c1-4-18-12-11(13(21)17(3)14(18)22)16(2)9(15-12)7-5-6-8-10(19)20/h4-8H2,1-3H3,(H,19,20). The van der Waals surface area contributed by atoms with Crippen molar-refractivity contribution in [3.63, 3.8) is 0 Å². The van der Waals surface area contributed by atoms with E-state index in [0.717, 1.165) is 4.57 Å². The minimum atomic E-state index is -0.821. The molecule has 8 nitrogen and oxygen atoms in total. The van der Waals surface area contributed by atoms with Gasteiger partial charge >= 0.3 is 11.7 Å². The van der Waals surface area contributed by atoms with Gasteiger partial charge in [-0.1, -0.05) is 0 Å². The van der Waals surface area contributed by atoms with Crippen LogP contribution >= 0.6 is 0 Å². The van der Waals surface area contributed by atoms with Gasteiger partial charge in [-0.3, -0.25) is 18.7 Å². The molecule has 0 bridgehead atoms. The SMILES string of the molecule is CCn1c(=O)n(C)c(=O)c2c1nc(CCCCC(=O)O)n2C. The fourth-order valence-electron chi connectivity index (χ4n) is 2.54. The van der Waals surface area contributed by atoms with Crippen molar-refractivity contribution < 1.29 is 9.90 Å². The quantitative estimate of drug-likeness (QED) is 0.771. The van der Waals surface area contributed by atoms with Crippen molar-refractivity contribution >= 4 is 17.1 Å². The van der Waals surface area contributed by atoms with Crippen LogP contribution in [-0.2, 0) is 31.9 Å². The molecule has 8 heteroatoms. The lowest BCUT2D eigenvalue weighted by Crippen LogP contribution is -2.38. The second-order valence-corrected chi connectivity index (χ2v) is 5.25. The third-order valence-corrected chi connectivity index (χ3v) is 3.81. The van der Waals surface area contributed by atoms with Crippen LogP contribution in [0.2, 0.25) is 0 Å². The second-order valence-electron chi connectivity index (χ2n) is 5.25. The van der Waals surface area contributed by atoms with Gasteiger partial charge in [0.2, 0.25) is 0 Å². The van der Waals surface area contributed by atoms with E-state index in [9.17, 15) is 14.4 Å². The van der Waals surface area contributed by atoms with Gasteiger partial charge < -0.3 is 9.67 Å². The van der Waals surface area contributed by atoms with E-state index < -0.39 is 5.97 Å². The molecule has 0 amide bonds. The molecule has 0 spiro atoms. The van der Waals surface area contributed by atoms with Crippen molar-refractivity contribution in [3.8, 4) is 0 Å². The number of hydrogen-bond acceptors (Lipinski definition) is 4. The Kier molecular flexibility index (Phi) is 4.48. The molecule has 0 unspecified atom stereocenters. The lowest BCUT2D eigenvalue weighted by molar-refractivity contribution is -0.137. The number of aliphatic carboxylic acids is 1. The van der Waals surface area contributed by atoms with Crippen LogP contribution in [0.4, 0.5) is 0 Å². The fraction of sp³-hybridized carbons (Fsp3) is 0.571. The van der Waals surface area contributed by atoms with Crippen molar-refractivity contribution in [2.45, 2.75) is 39.2 Å². The van der Waals surface area contributed by atoms with Gasteiger partial charge in [0.05, 0.1) is 0 Å². The molecule has 0 aliphatic rings. The molecule has 2 rings (SSSR count). The van der Waals surface area contributed by atoms with Crippen LogP contribution < -0.4 is 11.2 Å². The molecule has 120 valence electrons. The maximum Gasteiger partial charge on any atom is 0.332 e. The number of carboxylic acids is 1. The zero-order valence-electron chi connectivity index (χ0n) is 13.0. The van der Waals surface area contributed by atoms with Crippen LogP contribution in [0.25, 0.3) is 11.2 Å². The van der Waals surface area contributed by atoms with E-state index in [1.165, 1.54) is 11.6 Å². The third-order valence-electron chi connectivity index (χ3n) is 3.81. The van der Waals surface area contributed by atoms with Gasteiger partial charge in [-0.2, -0.15) is 0 Å². The number of aromatic nitrogens is 4. The van der Waals surface area contributed by atoms with E-state index in [1.54, 1.807) is 11.6 Å². The summed E-state index contributed by atoms with van der Waals surface area (Å²) >= 11 is 0. The molecular formula is C14H20N4O4. The Balaban J connectivity index is 2.45. The lowest BCUT2D eigenvalue weighted by atomic mass is 10.2. The van der Waals surface area contributed by atoms with Crippen LogP contribution in [-0.4, -0.2) is 29.8 Å². The average Bonchev–Trinajstić information content (AvgIpc) is 2.79. The predicted molar refractivity (Wildman–Crippen MR) is 81.1 cm³/mol. The van der Waals surface area contributed by atoms with E-state index in [4.69, 9.17) is 5.11 Å². The Morgan fingerprint density at radius 3 is 2.45 bits per heavy atom. The van der Waals surface area contributed by atoms with Crippen molar-refractivity contribution in [1.29, 1.82) is 0 Å². The number of unbranched alkanes of at least 4 members (excludes halogenated alkanes) is 1. The molecule has 0 atom stereocenters. The first-order valence-corrected chi connectivity index (χ1v) is 7.25. The summed E-state index contributed by atoms with van der Waals surface area (Å²) in [7, 11) is 3.20. The number of rotatable bonds is 6. The summed E-state index contributed by atoms with van der Waals surface area (Å²) in [5.74, 6) is -0.135. The molecule has 0 aromatic carbocycles. The third kappa shape index (κ3) is 2.68. The summed E-state index contributed by atoms with van der Waals surface area (Å²) in [6.07, 6.45) is 1.90. The highest BCUT2D eigenvalue weighted by Gasteiger charge is 2.17. The summed E-state index contributed by atoms with van der Waals surface area (Å²) in [5.41, 5.74) is 0.0514. The minimum absolute atomic E-state index is 0.116. The molecule has 2 aromatic rings. The summed E-state index contributed by atoms with van der Waals surface area (Å²) in [4.78, 5) is 39.3. The van der Waals surface area contributed by atoms with Crippen LogP contribution in [0, 0.1) is 0 Å². The smallest absolute Gasteiger partial charge is 0.332 e. The monoisotopic (exact) mass is 308 g/mol. The van der Waals surface area contributed by atoms with Gasteiger partial charge in [-0.05, 0) is 19.8 Å². The average molecular weight is 308 g/mol. The Morgan fingerprint density at radius 1 is 1.18 bits per heavy atom. The number of fused-ring (bicyclic) bond motifs is 1. The number of carbonyl (C=O) groups is 1. The van der Waals surface area contributed by atoms with Gasteiger partial charge in [-0.25, -0.2) is 9.78 Å². The Morgan fingerprint density at radius 2 is 1.86 bits per heavy atom. The van der Waals surface area contributed by atoms with Crippen molar-refractivity contribution in [2.75, 3.05) is 0 Å². The molecule has 0 fully saturated rings. The van der Waals surface area contributed by atoms with E-state index >= 15 is 0 Å². The van der Waals surface area contributed by atoms with Gasteiger partial charge in [0.1, 0.15) is 5.82 Å². The first kappa shape index (κ1) is 16.0. The molecule has 0 saturated carbocycles. The van der Waals surface area contributed by atoms with Gasteiger partial charge in [0.15, 0.2) is 11.2 Å². The first-order chi connectivity index (χ1) is 10.4. The van der Waals surface area contributed by atoms with E-state index in [-0.39, 0.29) is 17.7 Å². The molecule has 0 saturated heterocycles. The summed E-state index contributed by atoms with van der Waals surface area (Å²) in [6, 6.07) is 0. The lowest BCUT2D eigenvalue weighted by Gasteiger charge is -2.06. The number of hydrogen-bond donors (Lipinski definition) is 1. The first-order valence-electron chi connectivity index (χ1n) is 7.25. The summed E-state index contributed by atoms with van der Waals surface area (Å²) < 4.78 is 4.25. The zero-order valence-corrected chi connectivity index (χ0v) is 13.0. The predicted octanol–water partition coefficient (Wildman–Crippen LogP) is 0.251. The van der Waals surface area contributed by atoms with Gasteiger partial charge in [-0.15, -0.1) is 0 Å². The molecule has 0 aliphatic carbocycles. The van der Waals surface area contributed by atoms with Crippen LogP contribution in [0.1, 0.15) is 32.0 Å². The van der Waals surface area contributed by atoms with E-state index in [0.29, 0.717) is 42.8 Å². The van der Waals surface area contributed by atoms with E-state index in [2.05, 4.69) is 4.98 Å². The summed E-state index contributed by atoms with van der Waals surface area (Å²) in [6.45, 7) is 2.26. The Bertz CT molecular complexity index is 828. The zero-order chi connectivity index (χ0) is 16.4. The number of carboxylic acid groups (broad SMARTS) is 1. The highest BCUT2D eigenvalue weighted by Crippen LogP contribution is 2.12. The normalized spacial score (nSPS) is 11.2. The molecule has 1 N–H and O–H groups in total. The number of imidazole rings is 1. The topological polar surface area (TPSA) is 99.1 Å². The van der Waals surface area contributed by atoms with Crippen molar-refractivity contribution in [1.82, 2.24) is 18.7 Å². The Labute approximate surface area is 126 Å². The largest absolute Gasteiger partial charge is 0.481 e. The maximum atomic E-state index is 12.3. The van der Waals surface area contributed by atoms with Crippen molar-refractivity contribution in [2.24, 2.45) is 14.1 Å². The fourth-order valence-corrected chi connectivity index (χ4v) is 2.54. The summed E-state index contributed by atoms with van der Waals surface area (Å²) in [5, 5.41) is 8.64. The highest BCUT2D eigenvalue weighted by molar-refractivity contribution is 5.71. The van der Waals surface area contributed by atoms with Gasteiger partial charge in [0, 0.05) is 33.5 Å². The maximum absolute atomic E-state index is 12.3. The van der Waals surface area contributed by atoms with Crippen molar-refractivity contribution in [3.05, 3.63) is 26.7 Å². The highest BCUT2D eigenvalue weighted by atomic mass is 16.4.